The fraction of sp³-hybridized carbons (Fsp3) is 0.750. The third-order valence-electron chi connectivity index (χ3n) is 1.76. The molecule has 0 aliphatic heterocycles. The molecular formula is C8H17N. The monoisotopic (exact) mass is 127 g/mol. The Labute approximate surface area is 57.9 Å². The topological polar surface area (TPSA) is 26.0 Å². The van der Waals surface area contributed by atoms with Crippen LogP contribution in [-0.4, -0.2) is 0 Å². The predicted octanol–water partition coefficient (Wildman–Crippen LogP) is 2.29. The standard InChI is InChI=1S/C8H17N/c1-4-5-7(2)8(3)6-9/h6-7H,4-5,9H2,1-3H3/b8-6+. The van der Waals surface area contributed by atoms with Crippen molar-refractivity contribution in [1.82, 2.24) is 0 Å². The van der Waals surface area contributed by atoms with Crippen LogP contribution < -0.4 is 5.73 Å². The van der Waals surface area contributed by atoms with E-state index < -0.39 is 0 Å². The first-order chi connectivity index (χ1) is 4.22. The summed E-state index contributed by atoms with van der Waals surface area (Å²) in [5.74, 6) is 0.667. The van der Waals surface area contributed by atoms with Gasteiger partial charge < -0.3 is 5.73 Å². The van der Waals surface area contributed by atoms with Gasteiger partial charge in [-0.3, -0.25) is 0 Å². The highest BCUT2D eigenvalue weighted by atomic mass is 14.5. The molecule has 0 aromatic heterocycles. The molecule has 0 saturated heterocycles. The number of nitrogens with two attached hydrogens (primary N) is 1. The lowest BCUT2D eigenvalue weighted by Crippen LogP contribution is -1.97. The van der Waals surface area contributed by atoms with Gasteiger partial charge in [0.25, 0.3) is 0 Å². The SMILES string of the molecule is CCCC(C)/C(C)=C/N. The van der Waals surface area contributed by atoms with E-state index in [0.29, 0.717) is 5.92 Å². The van der Waals surface area contributed by atoms with Crippen LogP contribution in [0.2, 0.25) is 0 Å². The summed E-state index contributed by atoms with van der Waals surface area (Å²) in [5, 5.41) is 0. The summed E-state index contributed by atoms with van der Waals surface area (Å²) in [4.78, 5) is 0. The number of hydrogen-bond donors (Lipinski definition) is 1. The molecule has 0 rings (SSSR count). The Bertz CT molecular complexity index is 94.7. The van der Waals surface area contributed by atoms with Crippen molar-refractivity contribution in [3.8, 4) is 0 Å². The van der Waals surface area contributed by atoms with E-state index in [1.165, 1.54) is 18.4 Å². The van der Waals surface area contributed by atoms with Crippen LogP contribution in [0.3, 0.4) is 0 Å². The summed E-state index contributed by atoms with van der Waals surface area (Å²) < 4.78 is 0. The molecule has 54 valence electrons. The summed E-state index contributed by atoms with van der Waals surface area (Å²) in [7, 11) is 0. The van der Waals surface area contributed by atoms with Gasteiger partial charge in [-0.15, -0.1) is 0 Å². The first-order valence-electron chi connectivity index (χ1n) is 3.60. The predicted molar refractivity (Wildman–Crippen MR) is 42.0 cm³/mol. The second kappa shape index (κ2) is 4.42. The summed E-state index contributed by atoms with van der Waals surface area (Å²) in [6.07, 6.45) is 4.20. The van der Waals surface area contributed by atoms with Crippen LogP contribution in [0.15, 0.2) is 11.8 Å². The van der Waals surface area contributed by atoms with Crippen molar-refractivity contribution in [2.75, 3.05) is 0 Å². The van der Waals surface area contributed by atoms with Gasteiger partial charge in [-0.25, -0.2) is 0 Å². The van der Waals surface area contributed by atoms with Gasteiger partial charge in [0, 0.05) is 0 Å². The van der Waals surface area contributed by atoms with E-state index in [1.54, 1.807) is 6.20 Å². The van der Waals surface area contributed by atoms with E-state index in [-0.39, 0.29) is 0 Å². The van der Waals surface area contributed by atoms with Gasteiger partial charge in [0.15, 0.2) is 0 Å². The second-order valence-corrected chi connectivity index (χ2v) is 2.60. The fourth-order valence-electron chi connectivity index (χ4n) is 0.825. The molecule has 0 radical (unpaired) electrons. The molecule has 0 aliphatic rings. The number of hydrogen-bond acceptors (Lipinski definition) is 1. The zero-order valence-corrected chi connectivity index (χ0v) is 6.65. The average molecular weight is 127 g/mol. The number of allylic oxidation sites excluding steroid dienone is 1. The first-order valence-corrected chi connectivity index (χ1v) is 3.60. The summed E-state index contributed by atoms with van der Waals surface area (Å²) in [6, 6.07) is 0. The maximum Gasteiger partial charge on any atom is -0.00706 e. The molecule has 9 heavy (non-hydrogen) atoms. The molecule has 0 fully saturated rings. The molecule has 0 heterocycles. The lowest BCUT2D eigenvalue weighted by atomic mass is 9.99. The lowest BCUT2D eigenvalue weighted by molar-refractivity contribution is 0.600. The van der Waals surface area contributed by atoms with Crippen molar-refractivity contribution >= 4 is 0 Å². The third kappa shape index (κ3) is 3.17. The normalized spacial score (nSPS) is 15.7. The Morgan fingerprint density at radius 3 is 2.56 bits per heavy atom. The van der Waals surface area contributed by atoms with E-state index in [1.807, 2.05) is 0 Å². The molecule has 0 aromatic carbocycles. The van der Waals surface area contributed by atoms with Crippen LogP contribution in [0.5, 0.6) is 0 Å². The summed E-state index contributed by atoms with van der Waals surface area (Å²) >= 11 is 0. The Morgan fingerprint density at radius 2 is 2.22 bits per heavy atom. The van der Waals surface area contributed by atoms with Crippen molar-refractivity contribution in [2.24, 2.45) is 11.7 Å². The second-order valence-electron chi connectivity index (χ2n) is 2.60. The Hall–Kier alpha value is -0.460. The minimum absolute atomic E-state index is 0.667. The lowest BCUT2D eigenvalue weighted by Gasteiger charge is -2.08. The van der Waals surface area contributed by atoms with Gasteiger partial charge >= 0.3 is 0 Å². The quantitative estimate of drug-likeness (QED) is 0.618. The molecular weight excluding hydrogens is 110 g/mol. The Kier molecular flexibility index (Phi) is 4.20. The largest absolute Gasteiger partial charge is 0.405 e. The van der Waals surface area contributed by atoms with Gasteiger partial charge in [0.1, 0.15) is 0 Å². The molecule has 1 heteroatoms. The van der Waals surface area contributed by atoms with E-state index >= 15 is 0 Å². The Morgan fingerprint density at radius 1 is 1.67 bits per heavy atom. The molecule has 0 saturated carbocycles. The molecule has 1 unspecified atom stereocenters. The molecule has 0 spiro atoms. The Balaban J connectivity index is 3.59. The minimum atomic E-state index is 0.667. The summed E-state index contributed by atoms with van der Waals surface area (Å²) in [5.41, 5.74) is 6.64. The molecule has 1 atom stereocenters. The van der Waals surface area contributed by atoms with Gasteiger partial charge in [0.2, 0.25) is 0 Å². The zero-order valence-electron chi connectivity index (χ0n) is 6.65. The van der Waals surface area contributed by atoms with Crippen LogP contribution in [-0.2, 0) is 0 Å². The smallest absolute Gasteiger partial charge is 0.00706 e. The zero-order chi connectivity index (χ0) is 7.28. The molecule has 0 amide bonds. The maximum absolute atomic E-state index is 5.34. The van der Waals surface area contributed by atoms with Crippen molar-refractivity contribution in [3.63, 3.8) is 0 Å². The van der Waals surface area contributed by atoms with Crippen LogP contribution >= 0.6 is 0 Å². The van der Waals surface area contributed by atoms with Crippen LogP contribution in [0.25, 0.3) is 0 Å². The van der Waals surface area contributed by atoms with E-state index in [9.17, 15) is 0 Å². The van der Waals surface area contributed by atoms with Crippen molar-refractivity contribution in [3.05, 3.63) is 11.8 Å². The van der Waals surface area contributed by atoms with Crippen LogP contribution in [0, 0.1) is 5.92 Å². The summed E-state index contributed by atoms with van der Waals surface area (Å²) in [6.45, 7) is 6.49. The van der Waals surface area contributed by atoms with Crippen LogP contribution in [0.4, 0.5) is 0 Å². The first kappa shape index (κ1) is 8.54. The van der Waals surface area contributed by atoms with Crippen molar-refractivity contribution in [1.29, 1.82) is 0 Å². The highest BCUT2D eigenvalue weighted by Gasteiger charge is 1.99. The van der Waals surface area contributed by atoms with E-state index in [0.717, 1.165) is 0 Å². The highest BCUT2D eigenvalue weighted by Crippen LogP contribution is 2.13. The maximum atomic E-state index is 5.34. The van der Waals surface area contributed by atoms with Crippen molar-refractivity contribution in [2.45, 2.75) is 33.6 Å². The van der Waals surface area contributed by atoms with Gasteiger partial charge in [-0.2, -0.15) is 0 Å². The number of rotatable bonds is 3. The van der Waals surface area contributed by atoms with E-state index in [2.05, 4.69) is 20.8 Å². The highest BCUT2D eigenvalue weighted by molar-refractivity contribution is 4.98. The molecule has 0 aliphatic carbocycles. The van der Waals surface area contributed by atoms with Crippen LogP contribution in [0.1, 0.15) is 33.6 Å². The third-order valence-corrected chi connectivity index (χ3v) is 1.76. The molecule has 1 nitrogen and oxygen atoms in total. The van der Waals surface area contributed by atoms with E-state index in [4.69, 9.17) is 5.73 Å². The molecule has 0 aromatic rings. The average Bonchev–Trinajstić information content (AvgIpc) is 1.87. The van der Waals surface area contributed by atoms with Crippen molar-refractivity contribution < 1.29 is 0 Å². The minimum Gasteiger partial charge on any atom is -0.405 e. The van der Waals surface area contributed by atoms with Gasteiger partial charge in [-0.1, -0.05) is 25.8 Å². The van der Waals surface area contributed by atoms with Gasteiger partial charge in [0.05, 0.1) is 0 Å². The molecule has 2 N–H and O–H groups in total. The van der Waals surface area contributed by atoms with Gasteiger partial charge in [-0.05, 0) is 25.5 Å². The fourth-order valence-corrected chi connectivity index (χ4v) is 0.825. The molecule has 0 bridgehead atoms.